The predicted molar refractivity (Wildman–Crippen MR) is 65.7 cm³/mol. The molecule has 0 unspecified atom stereocenters. The summed E-state index contributed by atoms with van der Waals surface area (Å²) in [5.41, 5.74) is 0. The van der Waals surface area contributed by atoms with Gasteiger partial charge in [-0.05, 0) is 0 Å². The molecular formula is C4H8Cl4O9P2. The first kappa shape index (κ1) is 20.3. The van der Waals surface area contributed by atoms with Crippen molar-refractivity contribution in [3.05, 3.63) is 0 Å². The van der Waals surface area contributed by atoms with Crippen molar-refractivity contribution in [2.24, 2.45) is 0 Å². The van der Waals surface area contributed by atoms with Crippen LogP contribution in [0.2, 0.25) is 0 Å². The van der Waals surface area contributed by atoms with Gasteiger partial charge in [-0.3, -0.25) is 9.05 Å². The van der Waals surface area contributed by atoms with Crippen molar-refractivity contribution < 1.29 is 39.2 Å². The van der Waals surface area contributed by atoms with Crippen LogP contribution in [0.5, 0.6) is 0 Å². The van der Waals surface area contributed by atoms with Gasteiger partial charge in [0.2, 0.25) is 0 Å². The Balaban J connectivity index is 3.62. The monoisotopic (exact) mass is 402 g/mol. The summed E-state index contributed by atoms with van der Waals surface area (Å²) in [7, 11) is -7.95. The van der Waals surface area contributed by atoms with Crippen molar-refractivity contribution in [2.75, 3.05) is 26.4 Å². The van der Waals surface area contributed by atoms with Crippen LogP contribution in [0.15, 0.2) is 0 Å². The first-order valence-electron chi connectivity index (χ1n) is 4.23. The number of phosphoric acid groups is 2. The summed E-state index contributed by atoms with van der Waals surface area (Å²) in [6.45, 7) is -0.484. The van der Waals surface area contributed by atoms with E-state index in [9.17, 15) is 9.13 Å². The number of hydrogen-bond acceptors (Lipinski definition) is 9. The van der Waals surface area contributed by atoms with E-state index in [1.54, 1.807) is 0 Å². The van der Waals surface area contributed by atoms with Gasteiger partial charge in [-0.25, -0.2) is 9.13 Å². The highest BCUT2D eigenvalue weighted by molar-refractivity contribution is 7.50. The zero-order valence-corrected chi connectivity index (χ0v) is 13.7. The maximum atomic E-state index is 11.1. The van der Waals surface area contributed by atoms with Gasteiger partial charge in [-0.1, -0.05) is 0 Å². The molecule has 0 aliphatic carbocycles. The van der Waals surface area contributed by atoms with Crippen molar-refractivity contribution in [2.45, 2.75) is 0 Å². The van der Waals surface area contributed by atoms with Crippen molar-refractivity contribution in [1.82, 2.24) is 0 Å². The summed E-state index contributed by atoms with van der Waals surface area (Å²) >= 11 is 19.2. The van der Waals surface area contributed by atoms with Crippen LogP contribution in [0.4, 0.5) is 0 Å². The van der Waals surface area contributed by atoms with E-state index in [2.05, 4.69) is 25.4 Å². The lowest BCUT2D eigenvalue weighted by Crippen LogP contribution is -2.08. The maximum absolute atomic E-state index is 11.1. The summed E-state index contributed by atoms with van der Waals surface area (Å²) in [5, 5.41) is 0. The highest BCUT2D eigenvalue weighted by atomic mass is 35.5. The molecule has 0 spiro atoms. The summed E-state index contributed by atoms with van der Waals surface area (Å²) < 4.78 is 51.7. The molecule has 0 N–H and O–H groups in total. The predicted octanol–water partition coefficient (Wildman–Crippen LogP) is 3.93. The molecule has 0 aromatic carbocycles. The Morgan fingerprint density at radius 1 is 0.632 bits per heavy atom. The van der Waals surface area contributed by atoms with Crippen molar-refractivity contribution in [3.63, 3.8) is 0 Å². The number of ether oxygens (including phenoxy) is 1. The van der Waals surface area contributed by atoms with Crippen LogP contribution in [0.3, 0.4) is 0 Å². The van der Waals surface area contributed by atoms with Gasteiger partial charge in [-0.2, -0.15) is 16.3 Å². The lowest BCUT2D eigenvalue weighted by molar-refractivity contribution is 0.0634. The fourth-order valence-corrected chi connectivity index (χ4v) is 2.41. The second kappa shape index (κ2) is 11.0. The summed E-state index contributed by atoms with van der Waals surface area (Å²) in [6, 6.07) is 0. The number of rotatable bonds is 12. The molecule has 0 atom stereocenters. The van der Waals surface area contributed by atoms with Crippen LogP contribution >= 0.6 is 63.1 Å². The Morgan fingerprint density at radius 2 is 0.947 bits per heavy atom. The zero-order valence-electron chi connectivity index (χ0n) is 8.91. The van der Waals surface area contributed by atoms with Crippen LogP contribution in [-0.4, -0.2) is 26.4 Å². The van der Waals surface area contributed by atoms with Gasteiger partial charge in [0.25, 0.3) is 0 Å². The minimum Gasteiger partial charge on any atom is -0.377 e. The average Bonchev–Trinajstić information content (AvgIpc) is 2.45. The third-order valence-electron chi connectivity index (χ3n) is 1.29. The molecule has 0 fully saturated rings. The van der Waals surface area contributed by atoms with Gasteiger partial charge in [-0.15, -0.1) is 0 Å². The van der Waals surface area contributed by atoms with E-state index >= 15 is 0 Å². The normalized spacial score (nSPS) is 12.8. The molecule has 116 valence electrons. The fourth-order valence-electron chi connectivity index (χ4n) is 0.619. The molecule has 0 radical (unpaired) electrons. The molecule has 0 aliphatic heterocycles. The summed E-state index contributed by atoms with van der Waals surface area (Å²) in [4.78, 5) is 0. The summed E-state index contributed by atoms with van der Waals surface area (Å²) in [5.74, 6) is 0. The average molecular weight is 404 g/mol. The topological polar surface area (TPSA) is 98.8 Å². The zero-order chi connectivity index (χ0) is 14.8. The van der Waals surface area contributed by atoms with Crippen LogP contribution in [0.1, 0.15) is 0 Å². The Labute approximate surface area is 129 Å². The van der Waals surface area contributed by atoms with Crippen molar-refractivity contribution in [1.29, 1.82) is 0 Å². The number of hydrogen-bond donors (Lipinski definition) is 0. The van der Waals surface area contributed by atoms with Crippen molar-refractivity contribution in [3.8, 4) is 0 Å². The molecule has 0 aliphatic rings. The third-order valence-corrected chi connectivity index (χ3v) is 4.99. The molecule has 19 heavy (non-hydrogen) atoms. The molecule has 0 saturated heterocycles. The van der Waals surface area contributed by atoms with Gasteiger partial charge >= 0.3 is 15.6 Å². The molecule has 0 saturated carbocycles. The second-order valence-corrected chi connectivity index (χ2v) is 6.96. The SMILES string of the molecule is O=P(OCl)(OCl)OCCOCCOP(=O)(OCl)OCl. The van der Waals surface area contributed by atoms with Gasteiger partial charge in [0, 0.05) is 0 Å². The molecule has 0 aromatic rings. The molecule has 9 nitrogen and oxygen atoms in total. The minimum atomic E-state index is -3.97. The van der Waals surface area contributed by atoms with E-state index < -0.39 is 15.6 Å². The van der Waals surface area contributed by atoms with E-state index in [0.717, 1.165) is 0 Å². The quantitative estimate of drug-likeness (QED) is 0.354. The van der Waals surface area contributed by atoms with E-state index in [-0.39, 0.29) is 26.4 Å². The molecule has 15 heteroatoms. The Hall–Kier alpha value is 1.34. The highest BCUT2D eigenvalue weighted by Gasteiger charge is 2.27. The number of halogens is 4. The lowest BCUT2D eigenvalue weighted by atomic mass is 10.7. The first-order valence-corrected chi connectivity index (χ1v) is 8.39. The van der Waals surface area contributed by atoms with Crippen LogP contribution < -0.4 is 0 Å². The molecule has 0 amide bonds. The standard InChI is InChI=1S/C4H8Cl4O9P2/c5-14-18(9,15-6)12-3-1-11-2-4-13-19(10,16-7)17-8/h1-4H2. The van der Waals surface area contributed by atoms with Gasteiger partial charge in [0.15, 0.2) is 0 Å². The Bertz CT molecular complexity index is 283. The lowest BCUT2D eigenvalue weighted by Gasteiger charge is -2.11. The first-order chi connectivity index (χ1) is 8.95. The molecule has 0 rings (SSSR count). The van der Waals surface area contributed by atoms with E-state index in [0.29, 0.717) is 0 Å². The van der Waals surface area contributed by atoms with Gasteiger partial charge < -0.3 is 4.74 Å². The maximum Gasteiger partial charge on any atom is 0.507 e. The second-order valence-electron chi connectivity index (χ2n) is 2.45. The van der Waals surface area contributed by atoms with Crippen molar-refractivity contribution >= 4 is 63.1 Å². The third kappa shape index (κ3) is 9.06. The van der Waals surface area contributed by atoms with E-state index in [1.807, 2.05) is 0 Å². The molecular weight excluding hydrogens is 396 g/mol. The van der Waals surface area contributed by atoms with Crippen LogP contribution in [-0.2, 0) is 39.2 Å². The smallest absolute Gasteiger partial charge is 0.377 e. The van der Waals surface area contributed by atoms with Crippen LogP contribution in [0, 0.1) is 0 Å². The van der Waals surface area contributed by atoms with E-state index in [1.165, 1.54) is 0 Å². The molecule has 0 bridgehead atoms. The molecule has 0 heterocycles. The molecule has 0 aromatic heterocycles. The summed E-state index contributed by atoms with van der Waals surface area (Å²) in [6.07, 6.45) is 0. The van der Waals surface area contributed by atoms with Gasteiger partial charge in [0.05, 0.1) is 73.9 Å². The minimum absolute atomic E-state index is 0.0401. The van der Waals surface area contributed by atoms with E-state index in [4.69, 9.17) is 52.2 Å². The van der Waals surface area contributed by atoms with Gasteiger partial charge in [0.1, 0.15) is 0 Å². The van der Waals surface area contributed by atoms with Crippen LogP contribution in [0.25, 0.3) is 0 Å². The largest absolute Gasteiger partial charge is 0.507 e. The highest BCUT2D eigenvalue weighted by Crippen LogP contribution is 2.52. The fraction of sp³-hybridized carbons (Fsp3) is 1.00. The Morgan fingerprint density at radius 3 is 1.21 bits per heavy atom. The Kier molecular flexibility index (Phi) is 11.8.